The minimum atomic E-state index is -0.488. The van der Waals surface area contributed by atoms with Crippen molar-refractivity contribution in [3.05, 3.63) is 65.7 Å². The van der Waals surface area contributed by atoms with Crippen LogP contribution in [-0.2, 0) is 0 Å². The monoisotopic (exact) mass is 256 g/mol. The predicted octanol–water partition coefficient (Wildman–Crippen LogP) is 3.92. The van der Waals surface area contributed by atoms with Gasteiger partial charge in [0.05, 0.1) is 13.2 Å². The Balaban J connectivity index is 2.22. The Labute approximate surface area is 114 Å². The lowest BCUT2D eigenvalue weighted by molar-refractivity contribution is 0.142. The molecule has 19 heavy (non-hydrogen) atoms. The van der Waals surface area contributed by atoms with Crippen LogP contribution in [0.5, 0.6) is 5.75 Å². The zero-order valence-corrected chi connectivity index (χ0v) is 11.4. The second kappa shape index (κ2) is 6.39. The van der Waals surface area contributed by atoms with Crippen molar-refractivity contribution in [2.75, 3.05) is 7.11 Å². The first-order chi connectivity index (χ1) is 9.26. The highest BCUT2D eigenvalue weighted by Crippen LogP contribution is 2.33. The second-order valence-electron chi connectivity index (χ2n) is 4.64. The Morgan fingerprint density at radius 1 is 0.947 bits per heavy atom. The summed E-state index contributed by atoms with van der Waals surface area (Å²) in [4.78, 5) is 0. The van der Waals surface area contributed by atoms with E-state index in [1.54, 1.807) is 7.11 Å². The van der Waals surface area contributed by atoms with Crippen LogP contribution in [0.15, 0.2) is 54.6 Å². The molecule has 0 aliphatic rings. The SMILES string of the molecule is CCC(c1ccccc1)C(O)c1ccc(OC)cc1. The first-order valence-corrected chi connectivity index (χ1v) is 6.63. The van der Waals surface area contributed by atoms with Gasteiger partial charge in [-0.15, -0.1) is 0 Å². The molecule has 0 amide bonds. The van der Waals surface area contributed by atoms with Crippen LogP contribution < -0.4 is 4.74 Å². The van der Waals surface area contributed by atoms with Crippen molar-refractivity contribution in [1.82, 2.24) is 0 Å². The maximum absolute atomic E-state index is 10.6. The largest absolute Gasteiger partial charge is 0.497 e. The van der Waals surface area contributed by atoms with E-state index in [2.05, 4.69) is 19.1 Å². The van der Waals surface area contributed by atoms with Gasteiger partial charge in [-0.25, -0.2) is 0 Å². The van der Waals surface area contributed by atoms with Crippen LogP contribution in [0.25, 0.3) is 0 Å². The van der Waals surface area contributed by atoms with Gasteiger partial charge >= 0.3 is 0 Å². The minimum Gasteiger partial charge on any atom is -0.497 e. The molecule has 2 aromatic carbocycles. The lowest BCUT2D eigenvalue weighted by atomic mass is 9.87. The van der Waals surface area contributed by atoms with Gasteiger partial charge in [-0.1, -0.05) is 49.4 Å². The third-order valence-electron chi connectivity index (χ3n) is 3.51. The van der Waals surface area contributed by atoms with Gasteiger partial charge in [-0.05, 0) is 29.7 Å². The number of hydrogen-bond acceptors (Lipinski definition) is 2. The fourth-order valence-electron chi connectivity index (χ4n) is 2.37. The topological polar surface area (TPSA) is 29.5 Å². The molecule has 2 heteroatoms. The van der Waals surface area contributed by atoms with Crippen LogP contribution >= 0.6 is 0 Å². The molecule has 0 saturated carbocycles. The predicted molar refractivity (Wildman–Crippen MR) is 77.4 cm³/mol. The number of methoxy groups -OCH3 is 1. The first-order valence-electron chi connectivity index (χ1n) is 6.63. The summed E-state index contributed by atoms with van der Waals surface area (Å²) < 4.78 is 5.14. The van der Waals surface area contributed by atoms with E-state index in [-0.39, 0.29) is 5.92 Å². The number of aliphatic hydroxyl groups excluding tert-OH is 1. The Kier molecular flexibility index (Phi) is 4.58. The van der Waals surface area contributed by atoms with Gasteiger partial charge in [0.1, 0.15) is 5.75 Å². The smallest absolute Gasteiger partial charge is 0.118 e. The summed E-state index contributed by atoms with van der Waals surface area (Å²) in [6.07, 6.45) is 0.412. The molecule has 1 N–H and O–H groups in total. The molecule has 0 bridgehead atoms. The number of hydrogen-bond donors (Lipinski definition) is 1. The molecule has 0 fully saturated rings. The quantitative estimate of drug-likeness (QED) is 0.878. The molecule has 2 unspecified atom stereocenters. The van der Waals surface area contributed by atoms with Crippen molar-refractivity contribution >= 4 is 0 Å². The molecule has 2 rings (SSSR count). The summed E-state index contributed by atoms with van der Waals surface area (Å²) >= 11 is 0. The number of benzene rings is 2. The second-order valence-corrected chi connectivity index (χ2v) is 4.64. The summed E-state index contributed by atoms with van der Waals surface area (Å²) in [5.74, 6) is 0.929. The van der Waals surface area contributed by atoms with Gasteiger partial charge in [-0.3, -0.25) is 0 Å². The molecule has 0 aliphatic carbocycles. The molecule has 100 valence electrons. The van der Waals surface area contributed by atoms with E-state index >= 15 is 0 Å². The van der Waals surface area contributed by atoms with E-state index in [9.17, 15) is 5.11 Å². The average Bonchev–Trinajstić information content (AvgIpc) is 2.49. The van der Waals surface area contributed by atoms with Gasteiger partial charge in [0.2, 0.25) is 0 Å². The molecule has 2 nitrogen and oxygen atoms in total. The van der Waals surface area contributed by atoms with E-state index < -0.39 is 6.10 Å². The summed E-state index contributed by atoms with van der Waals surface area (Å²) in [7, 11) is 1.64. The maximum Gasteiger partial charge on any atom is 0.118 e. The fraction of sp³-hybridized carbons (Fsp3) is 0.294. The third kappa shape index (κ3) is 3.15. The van der Waals surface area contributed by atoms with Gasteiger partial charge in [-0.2, -0.15) is 0 Å². The molecule has 0 radical (unpaired) electrons. The van der Waals surface area contributed by atoms with Crippen LogP contribution in [0.4, 0.5) is 0 Å². The summed E-state index contributed by atoms with van der Waals surface area (Å²) in [5.41, 5.74) is 2.10. The van der Waals surface area contributed by atoms with Crippen molar-refractivity contribution in [2.24, 2.45) is 0 Å². The van der Waals surface area contributed by atoms with Crippen molar-refractivity contribution in [3.8, 4) is 5.75 Å². The van der Waals surface area contributed by atoms with Gasteiger partial charge in [0, 0.05) is 5.92 Å². The maximum atomic E-state index is 10.6. The number of ether oxygens (including phenoxy) is 1. The van der Waals surface area contributed by atoms with Crippen molar-refractivity contribution in [3.63, 3.8) is 0 Å². The lowest BCUT2D eigenvalue weighted by Crippen LogP contribution is -2.10. The summed E-state index contributed by atoms with van der Waals surface area (Å²) in [6.45, 7) is 2.10. The molecule has 2 aromatic rings. The Morgan fingerprint density at radius 2 is 1.58 bits per heavy atom. The third-order valence-corrected chi connectivity index (χ3v) is 3.51. The van der Waals surface area contributed by atoms with Gasteiger partial charge < -0.3 is 9.84 Å². The van der Waals surface area contributed by atoms with Gasteiger partial charge in [0.25, 0.3) is 0 Å². The molecule has 0 spiro atoms. The first kappa shape index (κ1) is 13.6. The van der Waals surface area contributed by atoms with Gasteiger partial charge in [0.15, 0.2) is 0 Å². The Morgan fingerprint density at radius 3 is 2.11 bits per heavy atom. The highest BCUT2D eigenvalue weighted by atomic mass is 16.5. The van der Waals surface area contributed by atoms with Crippen molar-refractivity contribution < 1.29 is 9.84 Å². The number of rotatable bonds is 5. The summed E-state index contributed by atoms with van der Waals surface area (Å²) in [6, 6.07) is 17.8. The highest BCUT2D eigenvalue weighted by molar-refractivity contribution is 5.31. The molecule has 0 aromatic heterocycles. The molecule has 0 aliphatic heterocycles. The minimum absolute atomic E-state index is 0.120. The van der Waals surface area contributed by atoms with E-state index in [4.69, 9.17) is 4.74 Å². The van der Waals surface area contributed by atoms with Crippen LogP contribution in [0.3, 0.4) is 0 Å². The lowest BCUT2D eigenvalue weighted by Gasteiger charge is -2.22. The van der Waals surface area contributed by atoms with E-state index in [0.29, 0.717) is 0 Å². The van der Waals surface area contributed by atoms with Crippen LogP contribution in [0.1, 0.15) is 36.5 Å². The van der Waals surface area contributed by atoms with Crippen molar-refractivity contribution in [2.45, 2.75) is 25.4 Å². The zero-order valence-electron chi connectivity index (χ0n) is 11.4. The molecule has 0 heterocycles. The van der Waals surface area contributed by atoms with Crippen molar-refractivity contribution in [1.29, 1.82) is 0 Å². The fourth-order valence-corrected chi connectivity index (χ4v) is 2.37. The summed E-state index contributed by atoms with van der Waals surface area (Å²) in [5, 5.41) is 10.6. The van der Waals surface area contributed by atoms with Crippen LogP contribution in [-0.4, -0.2) is 12.2 Å². The standard InChI is InChI=1S/C17H20O2/c1-3-16(13-7-5-4-6-8-13)17(18)14-9-11-15(19-2)12-10-14/h4-12,16-18H,3H2,1-2H3. The Bertz CT molecular complexity index is 490. The average molecular weight is 256 g/mol. The van der Waals surface area contributed by atoms with E-state index in [0.717, 1.165) is 17.7 Å². The zero-order chi connectivity index (χ0) is 13.7. The molecular formula is C17H20O2. The van der Waals surface area contributed by atoms with Crippen LogP contribution in [0.2, 0.25) is 0 Å². The van der Waals surface area contributed by atoms with E-state index in [1.165, 1.54) is 5.56 Å². The normalized spacial score (nSPS) is 13.8. The van der Waals surface area contributed by atoms with Crippen LogP contribution in [0, 0.1) is 0 Å². The van der Waals surface area contributed by atoms with E-state index in [1.807, 2.05) is 42.5 Å². The highest BCUT2D eigenvalue weighted by Gasteiger charge is 2.20. The molecular weight excluding hydrogens is 236 g/mol. The molecule has 2 atom stereocenters. The molecule has 0 saturated heterocycles. The Hall–Kier alpha value is -1.80. The number of aliphatic hydroxyl groups is 1.